The van der Waals surface area contributed by atoms with Crippen LogP contribution in [0.3, 0.4) is 0 Å². The molecule has 1 unspecified atom stereocenters. The van der Waals surface area contributed by atoms with Gasteiger partial charge in [0.25, 0.3) is 0 Å². The molecule has 0 aliphatic heterocycles. The van der Waals surface area contributed by atoms with E-state index in [2.05, 4.69) is 225 Å². The van der Waals surface area contributed by atoms with Crippen molar-refractivity contribution in [3.05, 3.63) is 198 Å². The molecule has 1 heterocycles. The highest BCUT2D eigenvalue weighted by Crippen LogP contribution is 2.42. The van der Waals surface area contributed by atoms with Gasteiger partial charge in [0.2, 0.25) is 0 Å². The summed E-state index contributed by atoms with van der Waals surface area (Å²) in [5, 5.41) is 18.1. The average Bonchev–Trinajstić information content (AvgIpc) is 3.62. The van der Waals surface area contributed by atoms with Crippen LogP contribution in [0.5, 0.6) is 0 Å². The summed E-state index contributed by atoms with van der Waals surface area (Å²) in [6.07, 6.45) is 3.44. The van der Waals surface area contributed by atoms with Gasteiger partial charge < -0.3 is 9.47 Å². The van der Waals surface area contributed by atoms with Crippen molar-refractivity contribution >= 4 is 98.8 Å². The molecule has 0 fully saturated rings. The number of fused-ring (bicyclic) bond motifs is 15. The summed E-state index contributed by atoms with van der Waals surface area (Å²) in [7, 11) is 0. The number of anilines is 2. The third-order valence-electron chi connectivity index (χ3n) is 13.4. The highest BCUT2D eigenvalue weighted by atomic mass is 15.2. The average molecular weight is 783 g/mol. The summed E-state index contributed by atoms with van der Waals surface area (Å²) in [6.45, 7) is 9.27. The van der Waals surface area contributed by atoms with Crippen molar-refractivity contribution < 1.29 is 0 Å². The van der Waals surface area contributed by atoms with Crippen LogP contribution in [-0.2, 0) is 5.41 Å². The lowest BCUT2D eigenvalue weighted by atomic mass is 9.86. The van der Waals surface area contributed by atoms with Crippen LogP contribution in [0.1, 0.15) is 39.7 Å². The van der Waals surface area contributed by atoms with Crippen molar-refractivity contribution in [2.75, 3.05) is 4.90 Å². The van der Waals surface area contributed by atoms with E-state index < -0.39 is 0 Å². The predicted octanol–water partition coefficient (Wildman–Crippen LogP) is 14.6. The van der Waals surface area contributed by atoms with Gasteiger partial charge in [0.1, 0.15) is 0 Å². The standard InChI is InChI=1S/C59H46N2/c1-37-33-54-48-21-10-8-18-45(48)46-19-11-12-23-52(46)58(54)57(34-37)60(39-27-25-38(26-28-39)59(2,3)4)41-30-32-51-50-22-13-14-24-55(50)61(56(51)36-41)40-29-31-49-44-17-6-5-15-42(44)43-16-7-9-20-47(43)53(49)35-40/h5-33,35-37H,34H2,1-4H3. The van der Waals surface area contributed by atoms with Gasteiger partial charge in [0.15, 0.2) is 0 Å². The smallest absolute Gasteiger partial charge is 0.0561 e. The molecule has 11 aromatic rings. The van der Waals surface area contributed by atoms with Crippen molar-refractivity contribution in [2.45, 2.75) is 39.5 Å². The van der Waals surface area contributed by atoms with E-state index in [4.69, 9.17) is 0 Å². The summed E-state index contributed by atoms with van der Waals surface area (Å²) in [5.74, 6) is 0.349. The molecule has 12 rings (SSSR count). The third kappa shape index (κ3) is 5.48. The maximum atomic E-state index is 2.58. The van der Waals surface area contributed by atoms with Crippen LogP contribution in [0.4, 0.5) is 11.4 Å². The zero-order valence-electron chi connectivity index (χ0n) is 35.1. The molecule has 0 saturated carbocycles. The van der Waals surface area contributed by atoms with Gasteiger partial charge in [0.05, 0.1) is 11.0 Å². The Bertz CT molecular complexity index is 3690. The van der Waals surface area contributed by atoms with Gasteiger partial charge in [-0.15, -0.1) is 0 Å². The summed E-state index contributed by atoms with van der Waals surface area (Å²) >= 11 is 0. The first-order valence-electron chi connectivity index (χ1n) is 21.7. The van der Waals surface area contributed by atoms with Crippen LogP contribution in [0.25, 0.3) is 93.1 Å². The Morgan fingerprint density at radius 1 is 0.443 bits per heavy atom. The van der Waals surface area contributed by atoms with Crippen molar-refractivity contribution in [1.29, 1.82) is 0 Å². The molecule has 1 aliphatic carbocycles. The van der Waals surface area contributed by atoms with Gasteiger partial charge in [-0.3, -0.25) is 0 Å². The van der Waals surface area contributed by atoms with Crippen molar-refractivity contribution in [3.8, 4) is 5.69 Å². The Morgan fingerprint density at radius 3 is 1.56 bits per heavy atom. The Morgan fingerprint density at radius 2 is 0.918 bits per heavy atom. The predicted molar refractivity (Wildman–Crippen MR) is 263 cm³/mol. The first-order chi connectivity index (χ1) is 29.8. The molecular formula is C59H46N2. The van der Waals surface area contributed by atoms with Gasteiger partial charge in [-0.1, -0.05) is 173 Å². The van der Waals surface area contributed by atoms with E-state index in [-0.39, 0.29) is 5.41 Å². The topological polar surface area (TPSA) is 8.17 Å². The number of hydrogen-bond acceptors (Lipinski definition) is 1. The molecule has 0 spiro atoms. The summed E-state index contributed by atoms with van der Waals surface area (Å²) in [5.41, 5.74) is 8.60. The van der Waals surface area contributed by atoms with E-state index in [1.54, 1.807) is 0 Å². The number of benzene rings is 10. The van der Waals surface area contributed by atoms with Crippen LogP contribution < -0.4 is 15.3 Å². The van der Waals surface area contributed by atoms with E-state index in [1.807, 2.05) is 0 Å². The second-order valence-corrected chi connectivity index (χ2v) is 18.2. The minimum Gasteiger partial charge on any atom is -0.313 e. The van der Waals surface area contributed by atoms with Crippen LogP contribution in [0.15, 0.2) is 182 Å². The normalized spacial score (nSPS) is 14.4. The van der Waals surface area contributed by atoms with Gasteiger partial charge >= 0.3 is 0 Å². The van der Waals surface area contributed by atoms with Crippen LogP contribution in [0, 0.1) is 5.92 Å². The Hall–Kier alpha value is -7.16. The maximum Gasteiger partial charge on any atom is 0.0561 e. The largest absolute Gasteiger partial charge is 0.313 e. The lowest BCUT2D eigenvalue weighted by Gasteiger charge is -2.32. The number of aromatic nitrogens is 1. The van der Waals surface area contributed by atoms with Gasteiger partial charge in [0, 0.05) is 38.8 Å². The number of rotatable bonds is 4. The molecule has 2 nitrogen and oxygen atoms in total. The third-order valence-corrected chi connectivity index (χ3v) is 13.4. The van der Waals surface area contributed by atoms with Crippen LogP contribution in [-0.4, -0.2) is 4.57 Å². The van der Waals surface area contributed by atoms with Gasteiger partial charge in [-0.2, -0.15) is 0 Å². The first kappa shape index (κ1) is 35.8. The first-order valence-corrected chi connectivity index (χ1v) is 21.7. The van der Waals surface area contributed by atoms with E-state index in [0.717, 1.165) is 17.8 Å². The van der Waals surface area contributed by atoms with Gasteiger partial charge in [-0.25, -0.2) is 0 Å². The monoisotopic (exact) mass is 782 g/mol. The van der Waals surface area contributed by atoms with E-state index in [1.165, 1.54) is 103 Å². The molecule has 0 saturated heterocycles. The molecule has 10 aromatic carbocycles. The minimum atomic E-state index is 0.0455. The van der Waals surface area contributed by atoms with E-state index in [9.17, 15) is 0 Å². The molecule has 2 heteroatoms. The van der Waals surface area contributed by atoms with Gasteiger partial charge in [-0.05, 0) is 125 Å². The molecule has 0 bridgehead atoms. The van der Waals surface area contributed by atoms with Crippen molar-refractivity contribution in [1.82, 2.24) is 4.57 Å². The second-order valence-electron chi connectivity index (χ2n) is 18.2. The molecule has 1 atom stereocenters. The zero-order chi connectivity index (χ0) is 41.0. The second kappa shape index (κ2) is 13.4. The highest BCUT2D eigenvalue weighted by Gasteiger charge is 2.25. The quantitative estimate of drug-likeness (QED) is 0.161. The fourth-order valence-corrected chi connectivity index (χ4v) is 10.6. The Kier molecular flexibility index (Phi) is 7.87. The molecular weight excluding hydrogens is 737 g/mol. The maximum absolute atomic E-state index is 2.58. The lowest BCUT2D eigenvalue weighted by molar-refractivity contribution is 0.590. The van der Waals surface area contributed by atoms with Crippen LogP contribution >= 0.6 is 0 Å². The SMILES string of the molecule is CC1C=c2c(c3ccccc3c3ccccc23)=C(N(c2ccc(C(C)(C)C)cc2)c2ccc3c4ccccc4n(-c4ccc5c6ccccc6c6ccccc6c5c4)c3c2)C1. The highest BCUT2D eigenvalue weighted by molar-refractivity contribution is 6.25. The molecule has 292 valence electrons. The summed E-state index contributed by atoms with van der Waals surface area (Å²) in [6, 6.07) is 68.2. The molecule has 0 amide bonds. The van der Waals surface area contributed by atoms with Crippen LogP contribution in [0.2, 0.25) is 0 Å². The van der Waals surface area contributed by atoms with E-state index >= 15 is 0 Å². The number of hydrogen-bond donors (Lipinski definition) is 0. The summed E-state index contributed by atoms with van der Waals surface area (Å²) in [4.78, 5) is 2.58. The lowest BCUT2D eigenvalue weighted by Crippen LogP contribution is -2.38. The molecule has 61 heavy (non-hydrogen) atoms. The number of nitrogens with zero attached hydrogens (tertiary/aromatic N) is 2. The molecule has 1 aromatic heterocycles. The molecule has 0 radical (unpaired) electrons. The zero-order valence-corrected chi connectivity index (χ0v) is 35.1. The fraction of sp³-hybridized carbons (Fsp3) is 0.119. The molecule has 0 N–H and O–H groups in total. The van der Waals surface area contributed by atoms with Crippen molar-refractivity contribution in [2.24, 2.45) is 5.92 Å². The van der Waals surface area contributed by atoms with Crippen molar-refractivity contribution in [3.63, 3.8) is 0 Å². The fourth-order valence-electron chi connectivity index (χ4n) is 10.6. The Balaban J connectivity index is 1.17. The number of para-hydroxylation sites is 1. The minimum absolute atomic E-state index is 0.0455. The summed E-state index contributed by atoms with van der Waals surface area (Å²) < 4.78 is 2.50. The van der Waals surface area contributed by atoms with E-state index in [0.29, 0.717) is 5.92 Å². The Labute approximate surface area is 355 Å². The molecule has 1 aliphatic rings.